The molecule has 0 spiro atoms. The van der Waals surface area contributed by atoms with Crippen molar-refractivity contribution >= 4 is 0 Å². The summed E-state index contributed by atoms with van der Waals surface area (Å²) in [5.74, 6) is 0. The fourth-order valence-corrected chi connectivity index (χ4v) is 5.63. The molecule has 0 aromatic heterocycles. The Morgan fingerprint density at radius 1 is 0.371 bits per heavy atom. The van der Waals surface area contributed by atoms with Gasteiger partial charge in [0.05, 0.1) is 0 Å². The Hall–Kier alpha value is -0.660. The van der Waals surface area contributed by atoms with Crippen LogP contribution in [0.15, 0.2) is 12.4 Å². The van der Waals surface area contributed by atoms with E-state index in [1.54, 1.807) is 0 Å². The molecule has 0 amide bonds. The molecule has 35 heavy (non-hydrogen) atoms. The molecule has 1 aliphatic heterocycles. The number of nitrogens with zero attached hydrogens (tertiary/aromatic N) is 2. The molecule has 208 valence electrons. The van der Waals surface area contributed by atoms with E-state index in [2.05, 4.69) is 43.0 Å². The molecule has 1 atom stereocenters. The first-order chi connectivity index (χ1) is 17.3. The van der Waals surface area contributed by atoms with Crippen molar-refractivity contribution in [2.45, 2.75) is 187 Å². The van der Waals surface area contributed by atoms with E-state index in [0.717, 1.165) is 0 Å². The van der Waals surface area contributed by atoms with Gasteiger partial charge in [0.15, 0.2) is 0 Å². The predicted molar refractivity (Wildman–Crippen MR) is 159 cm³/mol. The molecule has 2 heteroatoms. The Balaban J connectivity index is 1.99. The molecule has 1 unspecified atom stereocenters. The zero-order valence-electron chi connectivity index (χ0n) is 24.7. The Morgan fingerprint density at radius 3 is 1.09 bits per heavy atom. The van der Waals surface area contributed by atoms with Crippen molar-refractivity contribution in [3.63, 3.8) is 0 Å². The molecule has 0 aromatic carbocycles. The summed E-state index contributed by atoms with van der Waals surface area (Å²) in [5.41, 5.74) is 0. The van der Waals surface area contributed by atoms with Crippen molar-refractivity contribution in [3.05, 3.63) is 12.4 Å². The van der Waals surface area contributed by atoms with E-state index < -0.39 is 0 Å². The van der Waals surface area contributed by atoms with Crippen LogP contribution in [0.4, 0.5) is 0 Å². The summed E-state index contributed by atoms with van der Waals surface area (Å²) < 4.78 is 0. The topological polar surface area (TPSA) is 6.48 Å². The van der Waals surface area contributed by atoms with Gasteiger partial charge in [-0.25, -0.2) is 0 Å². The van der Waals surface area contributed by atoms with Crippen LogP contribution < -0.4 is 0 Å². The lowest BCUT2D eigenvalue weighted by molar-refractivity contribution is 0.136. The highest BCUT2D eigenvalue weighted by atomic mass is 15.4. The maximum atomic E-state index is 2.66. The lowest BCUT2D eigenvalue weighted by atomic mass is 10.0. The largest absolute Gasteiger partial charge is 0.356 e. The minimum absolute atomic E-state index is 0.643. The summed E-state index contributed by atoms with van der Waals surface area (Å²) in [4.78, 5) is 5.30. The van der Waals surface area contributed by atoms with E-state index in [4.69, 9.17) is 0 Å². The van der Waals surface area contributed by atoms with Gasteiger partial charge in [0.25, 0.3) is 0 Å². The van der Waals surface area contributed by atoms with Crippen LogP contribution in [0.5, 0.6) is 0 Å². The van der Waals surface area contributed by atoms with E-state index in [9.17, 15) is 0 Å². The van der Waals surface area contributed by atoms with Gasteiger partial charge >= 0.3 is 0 Å². The van der Waals surface area contributed by atoms with Gasteiger partial charge in [-0.1, -0.05) is 156 Å². The van der Waals surface area contributed by atoms with Crippen LogP contribution in [0.25, 0.3) is 0 Å². The van der Waals surface area contributed by atoms with Gasteiger partial charge in [-0.3, -0.25) is 0 Å². The predicted octanol–water partition coefficient (Wildman–Crippen LogP) is 11.2. The monoisotopic (exact) mass is 491 g/mol. The minimum atomic E-state index is 0.643. The van der Waals surface area contributed by atoms with Crippen LogP contribution in [-0.4, -0.2) is 29.1 Å². The molecule has 0 N–H and O–H groups in total. The molecular formula is C33H66N2. The van der Waals surface area contributed by atoms with E-state index in [-0.39, 0.29) is 0 Å². The third kappa shape index (κ3) is 18.3. The normalized spacial score (nSPS) is 15.6. The molecule has 0 saturated heterocycles. The molecule has 0 aliphatic carbocycles. The molecule has 0 radical (unpaired) electrons. The van der Waals surface area contributed by atoms with Crippen LogP contribution in [0.1, 0.15) is 181 Å². The highest BCUT2D eigenvalue weighted by Crippen LogP contribution is 2.23. The van der Waals surface area contributed by atoms with E-state index in [0.29, 0.717) is 6.17 Å². The Kier molecular flexibility index (Phi) is 23.1. The van der Waals surface area contributed by atoms with Crippen molar-refractivity contribution in [3.8, 4) is 0 Å². The zero-order valence-corrected chi connectivity index (χ0v) is 24.7. The molecule has 1 aliphatic rings. The third-order valence-electron chi connectivity index (χ3n) is 8.07. The average molecular weight is 491 g/mol. The van der Waals surface area contributed by atoms with Gasteiger partial charge in [-0.2, -0.15) is 0 Å². The van der Waals surface area contributed by atoms with Crippen molar-refractivity contribution in [1.29, 1.82) is 0 Å². The summed E-state index contributed by atoms with van der Waals surface area (Å²) in [5, 5.41) is 0. The summed E-state index contributed by atoms with van der Waals surface area (Å²) in [7, 11) is 0. The molecule has 1 rings (SSSR count). The molecule has 0 fully saturated rings. The van der Waals surface area contributed by atoms with Gasteiger partial charge in [0.2, 0.25) is 0 Å². The molecule has 0 saturated carbocycles. The van der Waals surface area contributed by atoms with Crippen LogP contribution in [0, 0.1) is 0 Å². The lowest BCUT2D eigenvalue weighted by Gasteiger charge is -2.33. The second kappa shape index (κ2) is 25.0. The van der Waals surface area contributed by atoms with Crippen molar-refractivity contribution in [2.75, 3.05) is 13.1 Å². The highest BCUT2D eigenvalue weighted by molar-refractivity contribution is 4.96. The van der Waals surface area contributed by atoms with Crippen molar-refractivity contribution < 1.29 is 0 Å². The summed E-state index contributed by atoms with van der Waals surface area (Å²) in [6.45, 7) is 9.43. The maximum absolute atomic E-state index is 2.66. The van der Waals surface area contributed by atoms with Gasteiger partial charge in [-0.15, -0.1) is 0 Å². The minimum Gasteiger partial charge on any atom is -0.356 e. The average Bonchev–Trinajstić information content (AvgIpc) is 3.25. The third-order valence-corrected chi connectivity index (χ3v) is 8.07. The Labute approximate surface area is 222 Å². The van der Waals surface area contributed by atoms with Crippen molar-refractivity contribution in [2.24, 2.45) is 0 Å². The molecule has 0 aromatic rings. The molecule has 1 heterocycles. The van der Waals surface area contributed by atoms with Crippen LogP contribution in [-0.2, 0) is 0 Å². The van der Waals surface area contributed by atoms with Gasteiger partial charge < -0.3 is 9.80 Å². The van der Waals surface area contributed by atoms with Crippen LogP contribution >= 0.6 is 0 Å². The van der Waals surface area contributed by atoms with Gasteiger partial charge in [0.1, 0.15) is 6.17 Å². The summed E-state index contributed by atoms with van der Waals surface area (Å²) in [6, 6.07) is 0. The smallest absolute Gasteiger partial charge is 0.101 e. The number of hydrogen-bond acceptors (Lipinski definition) is 2. The lowest BCUT2D eigenvalue weighted by Crippen LogP contribution is -2.39. The quantitative estimate of drug-likeness (QED) is 0.106. The second-order valence-corrected chi connectivity index (χ2v) is 11.5. The first-order valence-electron chi connectivity index (χ1n) is 16.5. The standard InChI is InChI=1S/C33H66N2/c1-4-7-10-12-13-14-15-16-17-18-19-20-21-22-23-24-26-28-33-34(29-9-6-3)31-32-35(33)30-27-25-11-8-5-2/h31-33H,4-30H2,1-3H3. The van der Waals surface area contributed by atoms with Crippen LogP contribution in [0.2, 0.25) is 0 Å². The number of hydrogen-bond donors (Lipinski definition) is 0. The van der Waals surface area contributed by atoms with Crippen molar-refractivity contribution in [1.82, 2.24) is 9.80 Å². The summed E-state index contributed by atoms with van der Waals surface area (Å²) in [6.07, 6.45) is 41.1. The van der Waals surface area contributed by atoms with Crippen LogP contribution in [0.3, 0.4) is 0 Å². The van der Waals surface area contributed by atoms with E-state index in [1.165, 1.54) is 174 Å². The Bertz CT molecular complexity index is 446. The zero-order chi connectivity index (χ0) is 25.2. The van der Waals surface area contributed by atoms with Gasteiger partial charge in [0, 0.05) is 25.5 Å². The number of rotatable bonds is 27. The molecule has 2 nitrogen and oxygen atoms in total. The maximum Gasteiger partial charge on any atom is 0.101 e. The second-order valence-electron chi connectivity index (χ2n) is 11.5. The van der Waals surface area contributed by atoms with Gasteiger partial charge in [-0.05, 0) is 25.7 Å². The Morgan fingerprint density at radius 2 is 0.686 bits per heavy atom. The fourth-order valence-electron chi connectivity index (χ4n) is 5.63. The number of unbranched alkanes of at least 4 members (excludes halogenated alkanes) is 21. The SMILES string of the molecule is CCCCCCCCCCCCCCCCCCCC1N(CCCC)C=CN1CCCCCCC. The molecule has 0 bridgehead atoms. The highest BCUT2D eigenvalue weighted by Gasteiger charge is 2.24. The summed E-state index contributed by atoms with van der Waals surface area (Å²) >= 11 is 0. The fraction of sp³-hybridized carbons (Fsp3) is 0.939. The van der Waals surface area contributed by atoms with E-state index in [1.807, 2.05) is 0 Å². The first-order valence-corrected chi connectivity index (χ1v) is 16.5. The van der Waals surface area contributed by atoms with E-state index >= 15 is 0 Å². The molecular weight excluding hydrogens is 424 g/mol. The first kappa shape index (κ1) is 32.4.